The second kappa shape index (κ2) is 8.95. The molecule has 3 fully saturated rings. The zero-order valence-corrected chi connectivity index (χ0v) is 21.8. The van der Waals surface area contributed by atoms with Gasteiger partial charge in [0, 0.05) is 6.92 Å². The van der Waals surface area contributed by atoms with Crippen LogP contribution >= 0.6 is 0 Å². The molecule has 0 heterocycles. The highest BCUT2D eigenvalue weighted by molar-refractivity contribution is 5.66. The molecule has 0 saturated heterocycles. The molecule has 9 atom stereocenters. The molecular formula is C30H48O2. The molecule has 3 saturated carbocycles. The van der Waals surface area contributed by atoms with Crippen LogP contribution in [-0.4, -0.2) is 12.1 Å². The zero-order chi connectivity index (χ0) is 23.3. The molecule has 4 aliphatic carbocycles. The molecule has 180 valence electrons. The summed E-state index contributed by atoms with van der Waals surface area (Å²) in [6.07, 6.45) is 17.9. The Morgan fingerprint density at radius 2 is 1.69 bits per heavy atom. The molecule has 0 bridgehead atoms. The maximum absolute atomic E-state index is 11.5. The Balaban J connectivity index is 1.51. The lowest BCUT2D eigenvalue weighted by atomic mass is 9.47. The van der Waals surface area contributed by atoms with E-state index in [-0.39, 0.29) is 12.1 Å². The van der Waals surface area contributed by atoms with Crippen molar-refractivity contribution in [1.29, 1.82) is 0 Å². The van der Waals surface area contributed by atoms with E-state index in [2.05, 4.69) is 59.8 Å². The molecular weight excluding hydrogens is 392 g/mol. The molecule has 0 spiro atoms. The molecule has 0 N–H and O–H groups in total. The monoisotopic (exact) mass is 440 g/mol. The van der Waals surface area contributed by atoms with Crippen LogP contribution in [0.1, 0.15) is 99.8 Å². The third-order valence-corrected chi connectivity index (χ3v) is 10.8. The van der Waals surface area contributed by atoms with Crippen molar-refractivity contribution in [1.82, 2.24) is 0 Å². The molecule has 0 unspecified atom stereocenters. The normalized spacial score (nSPS) is 43.2. The molecule has 2 heteroatoms. The van der Waals surface area contributed by atoms with Crippen LogP contribution < -0.4 is 0 Å². The number of allylic oxidation sites excluding steroid dienone is 4. The highest BCUT2D eigenvalue weighted by Gasteiger charge is 2.58. The summed E-state index contributed by atoms with van der Waals surface area (Å²) < 4.78 is 5.64. The lowest BCUT2D eigenvalue weighted by molar-refractivity contribution is -0.152. The van der Waals surface area contributed by atoms with Gasteiger partial charge in [0.1, 0.15) is 6.10 Å². The van der Waals surface area contributed by atoms with E-state index in [9.17, 15) is 4.79 Å². The molecule has 0 aliphatic heterocycles. The van der Waals surface area contributed by atoms with Crippen LogP contribution in [0, 0.1) is 52.3 Å². The van der Waals surface area contributed by atoms with Crippen molar-refractivity contribution in [3.63, 3.8) is 0 Å². The Morgan fingerprint density at radius 1 is 1.00 bits per heavy atom. The van der Waals surface area contributed by atoms with Gasteiger partial charge in [0.15, 0.2) is 0 Å². The van der Waals surface area contributed by atoms with Gasteiger partial charge in [0.05, 0.1) is 0 Å². The van der Waals surface area contributed by atoms with Gasteiger partial charge in [0.2, 0.25) is 0 Å². The van der Waals surface area contributed by atoms with Gasteiger partial charge in [-0.2, -0.15) is 0 Å². The summed E-state index contributed by atoms with van der Waals surface area (Å²) in [5, 5.41) is 0. The highest BCUT2D eigenvalue weighted by atomic mass is 16.5. The minimum absolute atomic E-state index is 0.109. The first kappa shape index (κ1) is 24.1. The van der Waals surface area contributed by atoms with E-state index in [4.69, 9.17) is 4.74 Å². The Hall–Kier alpha value is -1.05. The van der Waals surface area contributed by atoms with Gasteiger partial charge in [0.25, 0.3) is 0 Å². The molecule has 4 rings (SSSR count). The number of esters is 1. The van der Waals surface area contributed by atoms with Crippen molar-refractivity contribution in [2.24, 2.45) is 52.3 Å². The fraction of sp³-hybridized carbons (Fsp3) is 0.833. The first-order chi connectivity index (χ1) is 15.1. The number of hydrogen-bond acceptors (Lipinski definition) is 2. The third kappa shape index (κ3) is 4.14. The molecule has 0 radical (unpaired) electrons. The van der Waals surface area contributed by atoms with Crippen molar-refractivity contribution in [2.45, 2.75) is 106 Å². The Bertz CT molecular complexity index is 763. The van der Waals surface area contributed by atoms with Crippen LogP contribution in [0.2, 0.25) is 0 Å². The van der Waals surface area contributed by atoms with Gasteiger partial charge in [-0.25, -0.2) is 0 Å². The largest absolute Gasteiger partial charge is 0.463 e. The first-order valence-corrected chi connectivity index (χ1v) is 13.6. The maximum Gasteiger partial charge on any atom is 0.302 e. The third-order valence-electron chi connectivity index (χ3n) is 10.8. The minimum atomic E-state index is -0.109. The Morgan fingerprint density at radius 3 is 2.38 bits per heavy atom. The predicted molar refractivity (Wildman–Crippen MR) is 133 cm³/mol. The summed E-state index contributed by atoms with van der Waals surface area (Å²) in [5.41, 5.74) is 2.70. The fourth-order valence-corrected chi connectivity index (χ4v) is 8.43. The maximum atomic E-state index is 11.5. The molecule has 0 aromatic carbocycles. The van der Waals surface area contributed by atoms with Gasteiger partial charge in [-0.3, -0.25) is 4.79 Å². The van der Waals surface area contributed by atoms with Gasteiger partial charge in [-0.05, 0) is 104 Å². The second-order valence-corrected chi connectivity index (χ2v) is 12.8. The van der Waals surface area contributed by atoms with Gasteiger partial charge >= 0.3 is 5.97 Å². The van der Waals surface area contributed by atoms with Gasteiger partial charge < -0.3 is 4.74 Å². The van der Waals surface area contributed by atoms with E-state index in [0.29, 0.717) is 28.6 Å². The van der Waals surface area contributed by atoms with Crippen molar-refractivity contribution < 1.29 is 9.53 Å². The van der Waals surface area contributed by atoms with E-state index in [0.717, 1.165) is 36.5 Å². The van der Waals surface area contributed by atoms with E-state index < -0.39 is 0 Å². The van der Waals surface area contributed by atoms with Gasteiger partial charge in [-0.15, -0.1) is 0 Å². The Labute approximate surface area is 197 Å². The number of ether oxygens (including phenoxy) is 1. The van der Waals surface area contributed by atoms with Crippen LogP contribution in [0.4, 0.5) is 0 Å². The molecule has 0 aromatic rings. The summed E-state index contributed by atoms with van der Waals surface area (Å²) in [5.74, 6) is 4.98. The quantitative estimate of drug-likeness (QED) is 0.320. The molecule has 2 nitrogen and oxygen atoms in total. The van der Waals surface area contributed by atoms with Crippen LogP contribution in [0.25, 0.3) is 0 Å². The fourth-order valence-electron chi connectivity index (χ4n) is 8.43. The lowest BCUT2D eigenvalue weighted by Crippen LogP contribution is -2.50. The number of fused-ring (bicyclic) bond motifs is 5. The minimum Gasteiger partial charge on any atom is -0.463 e. The zero-order valence-electron chi connectivity index (χ0n) is 21.8. The summed E-state index contributed by atoms with van der Waals surface area (Å²) >= 11 is 0. The Kier molecular flexibility index (Phi) is 6.74. The predicted octanol–water partition coefficient (Wildman–Crippen LogP) is 7.98. The summed E-state index contributed by atoms with van der Waals surface area (Å²) in [7, 11) is 0. The molecule has 32 heavy (non-hydrogen) atoms. The van der Waals surface area contributed by atoms with E-state index in [1.165, 1.54) is 38.5 Å². The standard InChI is InChI=1S/C30H48O2/c1-19(2)20(3)8-9-21(4)26-12-13-27-25-11-10-23-18-24(32-22(5)31)14-16-29(23,6)28(25)15-17-30(26,27)7/h8-9,11,19-21,23-24,26-28H,10,12-18H2,1-7H3/b9-8+/t20-,21+,23+,24+,26+,27-,28+,29+,30-/m0/s1. The summed E-state index contributed by atoms with van der Waals surface area (Å²) in [4.78, 5) is 11.5. The van der Waals surface area contributed by atoms with Crippen LogP contribution in [-0.2, 0) is 9.53 Å². The number of carbonyl (C=O) groups is 1. The van der Waals surface area contributed by atoms with E-state index in [1.807, 2.05) is 5.57 Å². The SMILES string of the molecule is CC(=O)O[C@@H]1CC[C@]2(C)[C@H](CC=C3[C@H]2CC[C@@]2(C)[C@@H]([C@H](C)/C=C/[C@H](C)C(C)C)CC[C@@H]32)C1. The average molecular weight is 441 g/mol. The smallest absolute Gasteiger partial charge is 0.302 e. The van der Waals surface area contributed by atoms with Crippen molar-refractivity contribution in [2.75, 3.05) is 0 Å². The molecule has 4 aliphatic rings. The van der Waals surface area contributed by atoms with Crippen LogP contribution in [0.3, 0.4) is 0 Å². The van der Waals surface area contributed by atoms with Crippen molar-refractivity contribution in [3.8, 4) is 0 Å². The second-order valence-electron chi connectivity index (χ2n) is 12.8. The highest BCUT2D eigenvalue weighted by Crippen LogP contribution is 2.66. The topological polar surface area (TPSA) is 26.3 Å². The van der Waals surface area contributed by atoms with E-state index in [1.54, 1.807) is 6.92 Å². The summed E-state index contributed by atoms with van der Waals surface area (Å²) in [6.45, 7) is 16.3. The molecule has 0 aromatic heterocycles. The van der Waals surface area contributed by atoms with E-state index >= 15 is 0 Å². The van der Waals surface area contributed by atoms with Gasteiger partial charge in [-0.1, -0.05) is 65.3 Å². The number of hydrogen-bond donors (Lipinski definition) is 0. The van der Waals surface area contributed by atoms with Crippen molar-refractivity contribution >= 4 is 5.97 Å². The van der Waals surface area contributed by atoms with Crippen molar-refractivity contribution in [3.05, 3.63) is 23.8 Å². The lowest BCUT2D eigenvalue weighted by Gasteiger charge is -2.58. The number of rotatable bonds is 5. The average Bonchev–Trinajstić information content (AvgIpc) is 3.08. The first-order valence-electron chi connectivity index (χ1n) is 13.6. The van der Waals surface area contributed by atoms with Crippen LogP contribution in [0.15, 0.2) is 23.8 Å². The molecule has 0 amide bonds. The summed E-state index contributed by atoms with van der Waals surface area (Å²) in [6, 6.07) is 0. The number of carbonyl (C=O) groups excluding carboxylic acids is 1. The van der Waals surface area contributed by atoms with Crippen LogP contribution in [0.5, 0.6) is 0 Å².